The van der Waals surface area contributed by atoms with Crippen LogP contribution in [0.25, 0.3) is 0 Å². The highest BCUT2D eigenvalue weighted by Gasteiger charge is 2.42. The average Bonchev–Trinajstić information content (AvgIpc) is 2.55. The lowest BCUT2D eigenvalue weighted by atomic mass is 9.74. The van der Waals surface area contributed by atoms with E-state index in [0.717, 1.165) is 0 Å². The zero-order chi connectivity index (χ0) is 17.2. The molecule has 2 aromatic carbocycles. The highest BCUT2D eigenvalue weighted by Crippen LogP contribution is 2.40. The summed E-state index contributed by atoms with van der Waals surface area (Å²) in [6.07, 6.45) is 1.10. The summed E-state index contributed by atoms with van der Waals surface area (Å²) in [4.78, 5) is 0. The first-order valence-electron chi connectivity index (χ1n) is 8.12. The Balaban J connectivity index is 2.04. The molecule has 1 saturated heterocycles. The number of phenols is 1. The number of benzene rings is 2. The average molecular weight is 331 g/mol. The Morgan fingerprint density at radius 3 is 2.33 bits per heavy atom. The maximum Gasteiger partial charge on any atom is 0.123 e. The van der Waals surface area contributed by atoms with Crippen molar-refractivity contribution in [3.05, 3.63) is 65.5 Å². The van der Waals surface area contributed by atoms with Crippen LogP contribution in [0, 0.1) is 5.82 Å². The molecule has 1 fully saturated rings. The van der Waals surface area contributed by atoms with Crippen LogP contribution in [-0.2, 0) is 5.60 Å². The van der Waals surface area contributed by atoms with E-state index >= 15 is 0 Å². The monoisotopic (exact) mass is 331 g/mol. The molecule has 0 radical (unpaired) electrons. The highest BCUT2D eigenvalue weighted by molar-refractivity contribution is 5.39. The summed E-state index contributed by atoms with van der Waals surface area (Å²) in [5.74, 6) is -0.358. The third kappa shape index (κ3) is 3.43. The summed E-state index contributed by atoms with van der Waals surface area (Å²) in [5, 5.41) is 35.1. The molecule has 0 saturated carbocycles. The van der Waals surface area contributed by atoms with Crippen LogP contribution in [0.15, 0.2) is 48.5 Å². The Morgan fingerprint density at radius 1 is 1.04 bits per heavy atom. The molecule has 5 heteroatoms. The van der Waals surface area contributed by atoms with Crippen molar-refractivity contribution in [2.75, 3.05) is 13.1 Å². The number of hydrogen-bond acceptors (Lipinski definition) is 4. The molecule has 2 aromatic rings. The second-order valence-electron chi connectivity index (χ2n) is 6.57. The number of nitrogens with one attached hydrogen (secondary N) is 1. The van der Waals surface area contributed by atoms with E-state index in [1.807, 2.05) is 0 Å². The van der Waals surface area contributed by atoms with Crippen LogP contribution in [-0.4, -0.2) is 34.0 Å². The van der Waals surface area contributed by atoms with Crippen molar-refractivity contribution in [3.8, 4) is 5.75 Å². The van der Waals surface area contributed by atoms with Gasteiger partial charge in [0.15, 0.2) is 0 Å². The van der Waals surface area contributed by atoms with Gasteiger partial charge in [0, 0.05) is 6.42 Å². The van der Waals surface area contributed by atoms with Gasteiger partial charge in [0.1, 0.15) is 17.2 Å². The Bertz CT molecular complexity index is 698. The van der Waals surface area contributed by atoms with Gasteiger partial charge in [-0.2, -0.15) is 0 Å². The summed E-state index contributed by atoms with van der Waals surface area (Å²) in [6.45, 7) is 1.34. The van der Waals surface area contributed by atoms with Crippen molar-refractivity contribution in [1.82, 2.24) is 5.32 Å². The smallest absolute Gasteiger partial charge is 0.123 e. The number of aromatic hydroxyl groups is 1. The van der Waals surface area contributed by atoms with Gasteiger partial charge in [-0.15, -0.1) is 0 Å². The zero-order valence-corrected chi connectivity index (χ0v) is 13.4. The Kier molecular flexibility index (Phi) is 4.58. The molecule has 0 amide bonds. The topological polar surface area (TPSA) is 72.7 Å². The summed E-state index contributed by atoms with van der Waals surface area (Å²) in [5.41, 5.74) is -1.68. The molecule has 1 atom stereocenters. The molecule has 0 spiro atoms. The number of phenolic OH excluding ortho intramolecular Hbond substituents is 1. The van der Waals surface area contributed by atoms with Crippen molar-refractivity contribution >= 4 is 0 Å². The Labute approximate surface area is 140 Å². The van der Waals surface area contributed by atoms with E-state index in [-0.39, 0.29) is 12.2 Å². The SMILES string of the molecule is Oc1ccc(C(O)(CC2(O)CCNCC2)c2cccc(F)c2)cc1. The van der Waals surface area contributed by atoms with Crippen LogP contribution in [0.5, 0.6) is 5.75 Å². The minimum Gasteiger partial charge on any atom is -0.508 e. The molecule has 128 valence electrons. The van der Waals surface area contributed by atoms with Crippen molar-refractivity contribution in [3.63, 3.8) is 0 Å². The lowest BCUT2D eigenvalue weighted by molar-refractivity contribution is -0.0639. The van der Waals surface area contributed by atoms with E-state index in [1.54, 1.807) is 24.3 Å². The molecule has 1 unspecified atom stereocenters. The number of rotatable bonds is 4. The fourth-order valence-electron chi connectivity index (χ4n) is 3.40. The van der Waals surface area contributed by atoms with Crippen molar-refractivity contribution < 1.29 is 19.7 Å². The van der Waals surface area contributed by atoms with Gasteiger partial charge >= 0.3 is 0 Å². The normalized spacial score (nSPS) is 19.6. The molecular formula is C19H22FNO3. The van der Waals surface area contributed by atoms with Gasteiger partial charge in [0.25, 0.3) is 0 Å². The fraction of sp³-hybridized carbons (Fsp3) is 0.368. The molecule has 24 heavy (non-hydrogen) atoms. The van der Waals surface area contributed by atoms with Crippen LogP contribution in [0.4, 0.5) is 4.39 Å². The van der Waals surface area contributed by atoms with Crippen LogP contribution in [0.2, 0.25) is 0 Å². The fourth-order valence-corrected chi connectivity index (χ4v) is 3.40. The third-order valence-electron chi connectivity index (χ3n) is 4.77. The van der Waals surface area contributed by atoms with E-state index in [1.165, 1.54) is 24.3 Å². The second kappa shape index (κ2) is 6.51. The van der Waals surface area contributed by atoms with E-state index in [9.17, 15) is 19.7 Å². The minimum atomic E-state index is -1.54. The van der Waals surface area contributed by atoms with Gasteiger partial charge in [-0.05, 0) is 61.3 Å². The first kappa shape index (κ1) is 16.9. The molecule has 1 aliphatic rings. The van der Waals surface area contributed by atoms with Gasteiger partial charge in [0.2, 0.25) is 0 Å². The largest absolute Gasteiger partial charge is 0.508 e. The molecule has 0 aromatic heterocycles. The molecular weight excluding hydrogens is 309 g/mol. The molecule has 0 bridgehead atoms. The van der Waals surface area contributed by atoms with Crippen LogP contribution in [0.1, 0.15) is 30.4 Å². The third-order valence-corrected chi connectivity index (χ3v) is 4.77. The predicted octanol–water partition coefficient (Wildman–Crippen LogP) is 2.27. The van der Waals surface area contributed by atoms with E-state index in [4.69, 9.17) is 0 Å². The number of halogens is 1. The summed E-state index contributed by atoms with van der Waals surface area (Å²) in [6, 6.07) is 12.0. The van der Waals surface area contributed by atoms with Gasteiger partial charge < -0.3 is 20.6 Å². The standard InChI is InChI=1S/C19H22FNO3/c20-16-3-1-2-15(12-16)19(24,14-4-6-17(22)7-5-14)13-18(23)8-10-21-11-9-18/h1-7,12,21-24H,8-11,13H2. The van der Waals surface area contributed by atoms with Gasteiger partial charge in [-0.3, -0.25) is 0 Å². The molecule has 1 heterocycles. The second-order valence-corrected chi connectivity index (χ2v) is 6.57. The predicted molar refractivity (Wildman–Crippen MR) is 89.2 cm³/mol. The Morgan fingerprint density at radius 2 is 1.71 bits per heavy atom. The maximum absolute atomic E-state index is 13.7. The van der Waals surface area contributed by atoms with E-state index in [2.05, 4.69) is 5.32 Å². The van der Waals surface area contributed by atoms with Crippen LogP contribution >= 0.6 is 0 Å². The molecule has 4 N–H and O–H groups in total. The molecule has 1 aliphatic heterocycles. The van der Waals surface area contributed by atoms with Gasteiger partial charge in [-0.25, -0.2) is 4.39 Å². The summed E-state index contributed by atoms with van der Waals surface area (Å²) >= 11 is 0. The van der Waals surface area contributed by atoms with Gasteiger partial charge in [-0.1, -0.05) is 24.3 Å². The molecule has 4 nitrogen and oxygen atoms in total. The number of hydrogen-bond donors (Lipinski definition) is 4. The number of aliphatic hydroxyl groups is 2. The summed E-state index contributed by atoms with van der Waals surface area (Å²) in [7, 11) is 0. The zero-order valence-electron chi connectivity index (χ0n) is 13.4. The molecule has 0 aliphatic carbocycles. The Hall–Kier alpha value is -1.95. The lowest BCUT2D eigenvalue weighted by Gasteiger charge is -2.40. The summed E-state index contributed by atoms with van der Waals surface area (Å²) < 4.78 is 13.7. The van der Waals surface area contributed by atoms with Crippen molar-refractivity contribution in [2.24, 2.45) is 0 Å². The first-order valence-corrected chi connectivity index (χ1v) is 8.12. The quantitative estimate of drug-likeness (QED) is 0.693. The highest BCUT2D eigenvalue weighted by atomic mass is 19.1. The van der Waals surface area contributed by atoms with E-state index < -0.39 is 17.0 Å². The number of piperidine rings is 1. The minimum absolute atomic E-state index is 0.0654. The van der Waals surface area contributed by atoms with Crippen LogP contribution in [0.3, 0.4) is 0 Å². The first-order chi connectivity index (χ1) is 11.4. The van der Waals surface area contributed by atoms with E-state index in [0.29, 0.717) is 37.1 Å². The van der Waals surface area contributed by atoms with Crippen molar-refractivity contribution in [2.45, 2.75) is 30.5 Å². The molecule has 3 rings (SSSR count). The van der Waals surface area contributed by atoms with Gasteiger partial charge in [0.05, 0.1) is 5.60 Å². The van der Waals surface area contributed by atoms with Crippen LogP contribution < -0.4 is 5.32 Å². The maximum atomic E-state index is 13.7. The lowest BCUT2D eigenvalue weighted by Crippen LogP contribution is -2.47. The van der Waals surface area contributed by atoms with Crippen molar-refractivity contribution in [1.29, 1.82) is 0 Å².